The molecule has 1 amide bonds. The highest BCUT2D eigenvalue weighted by atomic mass is 35.5. The molecule has 25 heavy (non-hydrogen) atoms. The van der Waals surface area contributed by atoms with Crippen molar-refractivity contribution in [2.45, 2.75) is 0 Å². The monoisotopic (exact) mass is 363 g/mol. The Morgan fingerprint density at radius 3 is 2.60 bits per heavy atom. The second kappa shape index (κ2) is 6.45. The van der Waals surface area contributed by atoms with E-state index in [9.17, 15) is 14.0 Å². The first kappa shape index (κ1) is 16.8. The molecule has 1 aromatic heterocycles. The lowest BCUT2D eigenvalue weighted by Gasteiger charge is -2.03. The van der Waals surface area contributed by atoms with Gasteiger partial charge in [-0.2, -0.15) is 0 Å². The molecule has 0 atom stereocenters. The summed E-state index contributed by atoms with van der Waals surface area (Å²) in [4.78, 5) is 23.3. The zero-order valence-electron chi connectivity index (χ0n) is 12.8. The minimum atomic E-state index is -1.27. The van der Waals surface area contributed by atoms with E-state index in [0.29, 0.717) is 16.7 Å². The molecule has 3 aromatic rings. The van der Waals surface area contributed by atoms with Crippen LogP contribution in [0.5, 0.6) is 5.75 Å². The SMILES string of the molecule is COc1ccc2oc(-c3ccc(Cl)c(F)c3)c(C(=O)OC(N)=O)c2c1. The number of nitrogens with two attached hydrogens (primary N) is 1. The Hall–Kier alpha value is -3.06. The van der Waals surface area contributed by atoms with E-state index in [2.05, 4.69) is 4.74 Å². The third kappa shape index (κ3) is 3.14. The van der Waals surface area contributed by atoms with E-state index < -0.39 is 17.9 Å². The van der Waals surface area contributed by atoms with Crippen molar-refractivity contribution in [3.8, 4) is 17.1 Å². The number of primary amides is 1. The molecule has 0 aliphatic rings. The van der Waals surface area contributed by atoms with Crippen LogP contribution in [0.1, 0.15) is 10.4 Å². The quantitative estimate of drug-likeness (QED) is 0.557. The van der Waals surface area contributed by atoms with E-state index in [1.54, 1.807) is 12.1 Å². The number of fused-ring (bicyclic) bond motifs is 1. The molecule has 0 saturated carbocycles. The van der Waals surface area contributed by atoms with Gasteiger partial charge in [-0.1, -0.05) is 11.6 Å². The van der Waals surface area contributed by atoms with Crippen molar-refractivity contribution in [2.75, 3.05) is 7.11 Å². The predicted molar refractivity (Wildman–Crippen MR) is 88.2 cm³/mol. The molecule has 0 spiro atoms. The van der Waals surface area contributed by atoms with Crippen LogP contribution in [0.15, 0.2) is 40.8 Å². The van der Waals surface area contributed by atoms with E-state index in [1.165, 1.54) is 25.3 Å². The average Bonchev–Trinajstić information content (AvgIpc) is 2.95. The fraction of sp³-hybridized carbons (Fsp3) is 0.0588. The summed E-state index contributed by atoms with van der Waals surface area (Å²) in [6, 6.07) is 8.64. The lowest BCUT2D eigenvalue weighted by molar-refractivity contribution is 0.0640. The first-order valence-corrected chi connectivity index (χ1v) is 7.36. The van der Waals surface area contributed by atoms with Crippen molar-refractivity contribution >= 4 is 34.6 Å². The highest BCUT2D eigenvalue weighted by Crippen LogP contribution is 2.37. The van der Waals surface area contributed by atoms with Crippen LogP contribution in [0.25, 0.3) is 22.3 Å². The van der Waals surface area contributed by atoms with Gasteiger partial charge in [0.1, 0.15) is 28.5 Å². The summed E-state index contributed by atoms with van der Waals surface area (Å²) in [7, 11) is 1.46. The van der Waals surface area contributed by atoms with Gasteiger partial charge in [0, 0.05) is 10.9 Å². The summed E-state index contributed by atoms with van der Waals surface area (Å²) in [5, 5.41) is 0.249. The second-order valence-electron chi connectivity index (χ2n) is 5.01. The summed E-state index contributed by atoms with van der Waals surface area (Å²) in [6.45, 7) is 0. The van der Waals surface area contributed by atoms with Gasteiger partial charge >= 0.3 is 12.1 Å². The molecule has 1 heterocycles. The lowest BCUT2D eigenvalue weighted by Crippen LogP contribution is -2.18. The number of methoxy groups -OCH3 is 1. The van der Waals surface area contributed by atoms with Crippen LogP contribution in [0, 0.1) is 5.82 Å². The maximum atomic E-state index is 13.8. The fourth-order valence-electron chi connectivity index (χ4n) is 2.39. The van der Waals surface area contributed by atoms with Crippen LogP contribution in [0.4, 0.5) is 9.18 Å². The number of rotatable bonds is 3. The molecule has 0 bridgehead atoms. The van der Waals surface area contributed by atoms with Gasteiger partial charge in [0.15, 0.2) is 0 Å². The van der Waals surface area contributed by atoms with Gasteiger partial charge in [0.25, 0.3) is 0 Å². The number of amides is 1. The van der Waals surface area contributed by atoms with Crippen LogP contribution in [-0.4, -0.2) is 19.2 Å². The average molecular weight is 364 g/mol. The van der Waals surface area contributed by atoms with Gasteiger partial charge in [-0.05, 0) is 36.4 Å². The van der Waals surface area contributed by atoms with Crippen LogP contribution in [-0.2, 0) is 4.74 Å². The maximum Gasteiger partial charge on any atom is 0.412 e. The number of esters is 1. The zero-order valence-corrected chi connectivity index (χ0v) is 13.6. The number of furan rings is 1. The molecule has 0 aliphatic heterocycles. The molecular weight excluding hydrogens is 353 g/mol. The summed E-state index contributed by atoms with van der Waals surface area (Å²) >= 11 is 5.68. The summed E-state index contributed by atoms with van der Waals surface area (Å²) in [5.74, 6) is -1.24. The first-order chi connectivity index (χ1) is 11.9. The number of halogens is 2. The van der Waals surface area contributed by atoms with Crippen molar-refractivity contribution in [2.24, 2.45) is 5.73 Å². The topological polar surface area (TPSA) is 91.8 Å². The molecule has 3 rings (SSSR count). The van der Waals surface area contributed by atoms with Crippen molar-refractivity contribution in [3.63, 3.8) is 0 Å². The fourth-order valence-corrected chi connectivity index (χ4v) is 2.51. The number of hydrogen-bond donors (Lipinski definition) is 1. The summed E-state index contributed by atoms with van der Waals surface area (Å²) in [6.07, 6.45) is -1.27. The Labute approximate surface area is 145 Å². The van der Waals surface area contributed by atoms with E-state index in [4.69, 9.17) is 26.5 Å². The maximum absolute atomic E-state index is 13.8. The Morgan fingerprint density at radius 1 is 1.20 bits per heavy atom. The van der Waals surface area contributed by atoms with E-state index in [0.717, 1.165) is 6.07 Å². The third-order valence-electron chi connectivity index (χ3n) is 3.47. The molecule has 0 unspecified atom stereocenters. The predicted octanol–water partition coefficient (Wildman–Crippen LogP) is 4.14. The Balaban J connectivity index is 2.27. The minimum absolute atomic E-state index is 0.0186. The molecule has 128 valence electrons. The molecule has 6 nitrogen and oxygen atoms in total. The molecule has 0 saturated heterocycles. The normalized spacial score (nSPS) is 10.7. The van der Waals surface area contributed by atoms with E-state index in [-0.39, 0.29) is 21.9 Å². The Bertz CT molecular complexity index is 998. The lowest BCUT2D eigenvalue weighted by atomic mass is 10.1. The smallest absolute Gasteiger partial charge is 0.412 e. The highest BCUT2D eigenvalue weighted by molar-refractivity contribution is 6.30. The highest BCUT2D eigenvalue weighted by Gasteiger charge is 2.25. The van der Waals surface area contributed by atoms with Gasteiger partial charge in [-0.25, -0.2) is 14.0 Å². The van der Waals surface area contributed by atoms with Gasteiger partial charge in [-0.3, -0.25) is 0 Å². The molecule has 0 radical (unpaired) electrons. The van der Waals surface area contributed by atoms with Crippen molar-refractivity contribution in [1.82, 2.24) is 0 Å². The third-order valence-corrected chi connectivity index (χ3v) is 3.78. The van der Waals surface area contributed by atoms with Crippen LogP contribution < -0.4 is 10.5 Å². The van der Waals surface area contributed by atoms with Gasteiger partial charge in [0.05, 0.1) is 12.1 Å². The molecule has 2 N–H and O–H groups in total. The van der Waals surface area contributed by atoms with Gasteiger partial charge in [-0.15, -0.1) is 0 Å². The number of carbonyl (C=O) groups excluding carboxylic acids is 2. The van der Waals surface area contributed by atoms with E-state index in [1.807, 2.05) is 0 Å². The van der Waals surface area contributed by atoms with Crippen LogP contribution in [0.2, 0.25) is 5.02 Å². The number of hydrogen-bond acceptors (Lipinski definition) is 5. The number of benzene rings is 2. The minimum Gasteiger partial charge on any atom is -0.497 e. The largest absolute Gasteiger partial charge is 0.497 e. The van der Waals surface area contributed by atoms with Crippen LogP contribution in [0.3, 0.4) is 0 Å². The second-order valence-corrected chi connectivity index (χ2v) is 5.41. The first-order valence-electron chi connectivity index (χ1n) is 6.98. The zero-order chi connectivity index (χ0) is 18.1. The van der Waals surface area contributed by atoms with Crippen molar-refractivity contribution in [3.05, 3.63) is 52.8 Å². The number of ether oxygens (including phenoxy) is 2. The number of carbonyl (C=O) groups is 2. The van der Waals surface area contributed by atoms with E-state index >= 15 is 0 Å². The molecule has 0 fully saturated rings. The molecule has 2 aromatic carbocycles. The van der Waals surface area contributed by atoms with Crippen LogP contribution >= 0.6 is 11.6 Å². The summed E-state index contributed by atoms with van der Waals surface area (Å²) in [5.41, 5.74) is 5.41. The molecular formula is C17H11ClFNO5. The van der Waals surface area contributed by atoms with Crippen molar-refractivity contribution in [1.29, 1.82) is 0 Å². The van der Waals surface area contributed by atoms with Crippen molar-refractivity contribution < 1.29 is 27.9 Å². The standard InChI is InChI=1S/C17H11ClFNO5/c1-23-9-3-5-13-10(7-9)14(16(21)25-17(20)22)15(24-13)8-2-4-11(18)12(19)6-8/h2-7H,1H3,(H2,20,22). The molecule has 8 heteroatoms. The van der Waals surface area contributed by atoms with Gasteiger partial charge in [0.2, 0.25) is 0 Å². The Morgan fingerprint density at radius 2 is 1.96 bits per heavy atom. The van der Waals surface area contributed by atoms with Gasteiger partial charge < -0.3 is 19.6 Å². The molecule has 0 aliphatic carbocycles. The summed E-state index contributed by atoms with van der Waals surface area (Å²) < 4.78 is 29.1. The Kier molecular flexibility index (Phi) is 4.33.